The summed E-state index contributed by atoms with van der Waals surface area (Å²) in [5.74, 6) is -0.403. The van der Waals surface area contributed by atoms with Crippen molar-refractivity contribution in [3.05, 3.63) is 36.3 Å². The Labute approximate surface area is 99.9 Å². The maximum Gasteiger partial charge on any atom is 0.287 e. The molecule has 0 atom stereocenters. The Bertz CT molecular complexity index is 382. The van der Waals surface area contributed by atoms with Crippen LogP contribution < -0.4 is 10.6 Å². The first kappa shape index (κ1) is 13.0. The third-order valence-corrected chi connectivity index (χ3v) is 2.02. The van der Waals surface area contributed by atoms with Crippen molar-refractivity contribution in [2.75, 3.05) is 13.1 Å². The fourth-order valence-corrected chi connectivity index (χ4v) is 1.18. The molecule has 2 amide bonds. The van der Waals surface area contributed by atoms with Crippen LogP contribution in [0.4, 0.5) is 0 Å². The van der Waals surface area contributed by atoms with E-state index in [1.54, 1.807) is 12.1 Å². The van der Waals surface area contributed by atoms with Gasteiger partial charge in [0.05, 0.1) is 12.8 Å². The summed E-state index contributed by atoms with van der Waals surface area (Å²) in [6.45, 7) is 2.45. The molecule has 17 heavy (non-hydrogen) atoms. The highest BCUT2D eigenvalue weighted by Gasteiger charge is 2.09. The first-order valence-electron chi connectivity index (χ1n) is 5.43. The van der Waals surface area contributed by atoms with Gasteiger partial charge in [0.1, 0.15) is 0 Å². The van der Waals surface area contributed by atoms with E-state index in [2.05, 4.69) is 10.6 Å². The fraction of sp³-hybridized carbons (Fsp3) is 0.333. The lowest BCUT2D eigenvalue weighted by Gasteiger charge is -2.04. The number of hydrogen-bond acceptors (Lipinski definition) is 3. The largest absolute Gasteiger partial charge is 0.459 e. The molecule has 0 spiro atoms. The molecule has 5 nitrogen and oxygen atoms in total. The van der Waals surface area contributed by atoms with Crippen molar-refractivity contribution in [1.29, 1.82) is 0 Å². The average Bonchev–Trinajstić information content (AvgIpc) is 2.85. The zero-order chi connectivity index (χ0) is 12.5. The summed E-state index contributed by atoms with van der Waals surface area (Å²) in [4.78, 5) is 22.7. The van der Waals surface area contributed by atoms with Gasteiger partial charge in [-0.2, -0.15) is 0 Å². The van der Waals surface area contributed by atoms with Gasteiger partial charge in [0.15, 0.2) is 5.76 Å². The van der Waals surface area contributed by atoms with Crippen molar-refractivity contribution < 1.29 is 14.0 Å². The van der Waals surface area contributed by atoms with Gasteiger partial charge in [-0.05, 0) is 25.5 Å². The van der Waals surface area contributed by atoms with Crippen LogP contribution in [0.1, 0.15) is 23.9 Å². The lowest BCUT2D eigenvalue weighted by Crippen LogP contribution is -2.37. The predicted octanol–water partition coefficient (Wildman–Crippen LogP) is 1.09. The third-order valence-electron chi connectivity index (χ3n) is 2.02. The Morgan fingerprint density at radius 1 is 1.41 bits per heavy atom. The SMILES string of the molecule is C/C=C/CCNC(=O)CNC(=O)c1ccco1. The van der Waals surface area contributed by atoms with Crippen LogP contribution in [0.5, 0.6) is 0 Å². The molecule has 5 heteroatoms. The van der Waals surface area contributed by atoms with E-state index in [9.17, 15) is 9.59 Å². The van der Waals surface area contributed by atoms with E-state index in [1.807, 2.05) is 19.1 Å². The quantitative estimate of drug-likeness (QED) is 0.573. The van der Waals surface area contributed by atoms with E-state index in [-0.39, 0.29) is 18.2 Å². The van der Waals surface area contributed by atoms with Gasteiger partial charge in [0, 0.05) is 6.54 Å². The molecule has 1 rings (SSSR count). The predicted molar refractivity (Wildman–Crippen MR) is 63.5 cm³/mol. The fourth-order valence-electron chi connectivity index (χ4n) is 1.18. The smallest absolute Gasteiger partial charge is 0.287 e. The number of carbonyl (C=O) groups is 2. The normalized spacial score (nSPS) is 10.4. The lowest BCUT2D eigenvalue weighted by molar-refractivity contribution is -0.120. The molecule has 0 saturated heterocycles. The van der Waals surface area contributed by atoms with Gasteiger partial charge in [0.2, 0.25) is 5.91 Å². The van der Waals surface area contributed by atoms with Gasteiger partial charge in [0.25, 0.3) is 5.91 Å². The second kappa shape index (κ2) is 7.27. The Kier molecular flexibility index (Phi) is 5.57. The molecule has 0 aliphatic rings. The minimum absolute atomic E-state index is 0.0463. The highest BCUT2D eigenvalue weighted by atomic mass is 16.3. The molecule has 0 bridgehead atoms. The minimum Gasteiger partial charge on any atom is -0.459 e. The summed E-state index contributed by atoms with van der Waals surface area (Å²) in [6.07, 6.45) is 6.08. The van der Waals surface area contributed by atoms with Crippen molar-refractivity contribution in [2.45, 2.75) is 13.3 Å². The number of amides is 2. The molecule has 0 saturated carbocycles. The maximum atomic E-state index is 11.4. The molecular weight excluding hydrogens is 220 g/mol. The van der Waals surface area contributed by atoms with Gasteiger partial charge in [-0.1, -0.05) is 12.2 Å². The molecule has 0 aliphatic carbocycles. The first-order chi connectivity index (χ1) is 8.24. The summed E-state index contributed by atoms with van der Waals surface area (Å²) in [7, 11) is 0. The topological polar surface area (TPSA) is 71.3 Å². The van der Waals surface area contributed by atoms with E-state index in [0.717, 1.165) is 6.42 Å². The molecule has 2 N–H and O–H groups in total. The maximum absolute atomic E-state index is 11.4. The van der Waals surface area contributed by atoms with Crippen LogP contribution in [-0.4, -0.2) is 24.9 Å². The molecule has 0 radical (unpaired) electrons. The number of nitrogens with one attached hydrogen (secondary N) is 2. The van der Waals surface area contributed by atoms with Crippen LogP contribution in [0.25, 0.3) is 0 Å². The van der Waals surface area contributed by atoms with Crippen LogP contribution in [0.2, 0.25) is 0 Å². The van der Waals surface area contributed by atoms with Gasteiger partial charge in [-0.25, -0.2) is 0 Å². The van der Waals surface area contributed by atoms with E-state index in [1.165, 1.54) is 6.26 Å². The van der Waals surface area contributed by atoms with Gasteiger partial charge < -0.3 is 15.1 Å². The van der Waals surface area contributed by atoms with Crippen LogP contribution >= 0.6 is 0 Å². The number of furan rings is 1. The van der Waals surface area contributed by atoms with Crippen LogP contribution in [0.15, 0.2) is 35.0 Å². The molecule has 1 heterocycles. The Balaban J connectivity index is 2.17. The molecule has 92 valence electrons. The second-order valence-corrected chi connectivity index (χ2v) is 3.37. The molecule has 1 aromatic heterocycles. The van der Waals surface area contributed by atoms with Crippen molar-refractivity contribution in [3.8, 4) is 0 Å². The van der Waals surface area contributed by atoms with Crippen molar-refractivity contribution >= 4 is 11.8 Å². The van der Waals surface area contributed by atoms with Crippen molar-refractivity contribution in [3.63, 3.8) is 0 Å². The summed E-state index contributed by atoms with van der Waals surface area (Å²) in [5, 5.41) is 5.15. The highest BCUT2D eigenvalue weighted by Crippen LogP contribution is 1.98. The Morgan fingerprint density at radius 3 is 2.88 bits per heavy atom. The zero-order valence-corrected chi connectivity index (χ0v) is 9.73. The number of allylic oxidation sites excluding steroid dienone is 1. The standard InChI is InChI=1S/C12H16N2O3/c1-2-3-4-7-13-11(15)9-14-12(16)10-6-5-8-17-10/h2-3,5-6,8H,4,7,9H2,1H3,(H,13,15)(H,14,16)/b3-2+. The van der Waals surface area contributed by atoms with E-state index in [0.29, 0.717) is 6.54 Å². The average molecular weight is 236 g/mol. The highest BCUT2D eigenvalue weighted by molar-refractivity contribution is 5.94. The van der Waals surface area contributed by atoms with E-state index < -0.39 is 5.91 Å². The summed E-state index contributed by atoms with van der Waals surface area (Å²) in [6, 6.07) is 3.16. The summed E-state index contributed by atoms with van der Waals surface area (Å²) < 4.78 is 4.89. The van der Waals surface area contributed by atoms with Crippen LogP contribution in [-0.2, 0) is 4.79 Å². The Hall–Kier alpha value is -2.04. The summed E-state index contributed by atoms with van der Waals surface area (Å²) in [5.41, 5.74) is 0. The first-order valence-corrected chi connectivity index (χ1v) is 5.43. The van der Waals surface area contributed by atoms with Crippen molar-refractivity contribution in [2.24, 2.45) is 0 Å². The lowest BCUT2D eigenvalue weighted by atomic mass is 10.3. The van der Waals surface area contributed by atoms with Crippen LogP contribution in [0, 0.1) is 0 Å². The Morgan fingerprint density at radius 2 is 2.24 bits per heavy atom. The van der Waals surface area contributed by atoms with Crippen LogP contribution in [0.3, 0.4) is 0 Å². The number of carbonyl (C=O) groups excluding carboxylic acids is 2. The van der Waals surface area contributed by atoms with Gasteiger partial charge in [-0.15, -0.1) is 0 Å². The minimum atomic E-state index is -0.390. The molecule has 0 fully saturated rings. The second-order valence-electron chi connectivity index (χ2n) is 3.37. The van der Waals surface area contributed by atoms with Crippen molar-refractivity contribution in [1.82, 2.24) is 10.6 Å². The third kappa shape index (κ3) is 5.01. The molecule has 0 aromatic carbocycles. The molecule has 0 unspecified atom stereocenters. The van der Waals surface area contributed by atoms with Gasteiger partial charge >= 0.3 is 0 Å². The molecule has 0 aliphatic heterocycles. The molecular formula is C12H16N2O3. The van der Waals surface area contributed by atoms with Gasteiger partial charge in [-0.3, -0.25) is 9.59 Å². The summed E-state index contributed by atoms with van der Waals surface area (Å²) >= 11 is 0. The van der Waals surface area contributed by atoms with E-state index in [4.69, 9.17) is 4.42 Å². The number of hydrogen-bond donors (Lipinski definition) is 2. The zero-order valence-electron chi connectivity index (χ0n) is 9.73. The van der Waals surface area contributed by atoms with E-state index >= 15 is 0 Å². The molecule has 1 aromatic rings. The number of rotatable bonds is 6. The monoisotopic (exact) mass is 236 g/mol.